The average Bonchev–Trinajstić information content (AvgIpc) is 2.82. The van der Waals surface area contributed by atoms with Gasteiger partial charge in [0.05, 0.1) is 16.8 Å². The Hall–Kier alpha value is -0.730. The van der Waals surface area contributed by atoms with Crippen LogP contribution in [-0.4, -0.2) is 17.7 Å². The summed E-state index contributed by atoms with van der Waals surface area (Å²) < 4.78 is 0. The van der Waals surface area contributed by atoms with E-state index >= 15 is 0 Å². The molecule has 19 heavy (non-hydrogen) atoms. The van der Waals surface area contributed by atoms with Crippen LogP contribution in [0, 0.1) is 5.92 Å². The fraction of sp³-hybridized carbons (Fsp3) is 0.625. The molecule has 0 radical (unpaired) electrons. The Balaban J connectivity index is 1.86. The van der Waals surface area contributed by atoms with Crippen molar-refractivity contribution in [3.05, 3.63) is 28.8 Å². The van der Waals surface area contributed by atoms with Crippen molar-refractivity contribution < 1.29 is 5.11 Å². The van der Waals surface area contributed by atoms with Crippen molar-refractivity contribution in [1.29, 1.82) is 0 Å². The van der Waals surface area contributed by atoms with Crippen LogP contribution in [0.3, 0.4) is 0 Å². The molecule has 0 aromatic heterocycles. The normalized spacial score (nSPS) is 28.3. The third-order valence-electron chi connectivity index (χ3n) is 4.77. The highest BCUT2D eigenvalue weighted by molar-refractivity contribution is 6.33. The maximum atomic E-state index is 9.62. The Morgan fingerprint density at radius 3 is 2.79 bits per heavy atom. The lowest BCUT2D eigenvalue weighted by Crippen LogP contribution is -2.34. The number of nitrogens with zero attached hydrogens (tertiary/aromatic N) is 1. The Labute approximate surface area is 120 Å². The molecule has 1 heterocycles. The van der Waals surface area contributed by atoms with Crippen molar-refractivity contribution in [2.24, 2.45) is 5.92 Å². The molecular weight excluding hydrogens is 258 g/mol. The number of anilines is 1. The van der Waals surface area contributed by atoms with Gasteiger partial charge in [-0.2, -0.15) is 0 Å². The molecule has 3 atom stereocenters. The molecule has 1 saturated heterocycles. The van der Waals surface area contributed by atoms with Gasteiger partial charge in [-0.15, -0.1) is 0 Å². The quantitative estimate of drug-likeness (QED) is 0.879. The number of hydrogen-bond acceptors (Lipinski definition) is 2. The van der Waals surface area contributed by atoms with Gasteiger partial charge in [-0.3, -0.25) is 0 Å². The van der Waals surface area contributed by atoms with Crippen LogP contribution in [0.1, 0.15) is 50.7 Å². The van der Waals surface area contributed by atoms with Crippen molar-refractivity contribution in [3.8, 4) is 0 Å². The van der Waals surface area contributed by atoms with Gasteiger partial charge in [-0.1, -0.05) is 30.5 Å². The van der Waals surface area contributed by atoms with Crippen LogP contribution in [-0.2, 0) is 0 Å². The van der Waals surface area contributed by atoms with Gasteiger partial charge < -0.3 is 10.0 Å². The fourth-order valence-corrected chi connectivity index (χ4v) is 4.02. The summed E-state index contributed by atoms with van der Waals surface area (Å²) in [5.41, 5.74) is 2.05. The van der Waals surface area contributed by atoms with E-state index in [9.17, 15) is 5.11 Å². The Morgan fingerprint density at radius 2 is 2.05 bits per heavy atom. The minimum atomic E-state index is -0.451. The van der Waals surface area contributed by atoms with Crippen LogP contribution >= 0.6 is 11.6 Å². The van der Waals surface area contributed by atoms with E-state index in [-0.39, 0.29) is 0 Å². The van der Waals surface area contributed by atoms with E-state index in [1.807, 2.05) is 12.1 Å². The number of benzene rings is 1. The van der Waals surface area contributed by atoms with Crippen LogP contribution in [0.4, 0.5) is 5.69 Å². The zero-order chi connectivity index (χ0) is 13.4. The van der Waals surface area contributed by atoms with Crippen molar-refractivity contribution in [1.82, 2.24) is 0 Å². The number of halogens is 1. The summed E-state index contributed by atoms with van der Waals surface area (Å²) >= 11 is 6.43. The fourth-order valence-electron chi connectivity index (χ4n) is 3.72. The maximum Gasteiger partial charge on any atom is 0.0762 e. The first-order chi connectivity index (χ1) is 9.16. The van der Waals surface area contributed by atoms with Gasteiger partial charge in [0.25, 0.3) is 0 Å². The predicted octanol–water partition coefficient (Wildman–Crippen LogP) is 4.16. The summed E-state index contributed by atoms with van der Waals surface area (Å²) in [6.07, 6.45) is 6.28. The molecule has 104 valence electrons. The molecule has 1 aliphatic heterocycles. The van der Waals surface area contributed by atoms with E-state index in [2.05, 4.69) is 11.0 Å². The molecule has 1 saturated carbocycles. The van der Waals surface area contributed by atoms with Crippen molar-refractivity contribution in [3.63, 3.8) is 0 Å². The standard InChI is InChI=1S/C16H22ClNO/c1-11(19)13-6-7-16(14(17)10-13)18-9-8-12-4-2-3-5-15(12)18/h6-7,10-12,15,19H,2-5,8-9H2,1H3. The molecule has 2 fully saturated rings. The van der Waals surface area contributed by atoms with Gasteiger partial charge in [-0.05, 0) is 49.8 Å². The zero-order valence-corrected chi connectivity index (χ0v) is 12.2. The Morgan fingerprint density at radius 1 is 1.26 bits per heavy atom. The number of rotatable bonds is 2. The van der Waals surface area contributed by atoms with Gasteiger partial charge >= 0.3 is 0 Å². The van der Waals surface area contributed by atoms with E-state index < -0.39 is 6.10 Å². The molecule has 0 spiro atoms. The summed E-state index contributed by atoms with van der Waals surface area (Å²) in [6, 6.07) is 6.69. The van der Waals surface area contributed by atoms with Gasteiger partial charge in [0.15, 0.2) is 0 Å². The first-order valence-electron chi connectivity index (χ1n) is 7.41. The topological polar surface area (TPSA) is 23.5 Å². The molecule has 3 unspecified atom stereocenters. The monoisotopic (exact) mass is 279 g/mol. The Bertz CT molecular complexity index is 460. The highest BCUT2D eigenvalue weighted by Gasteiger charge is 2.36. The second kappa shape index (κ2) is 5.34. The van der Waals surface area contributed by atoms with Gasteiger partial charge in [0, 0.05) is 12.6 Å². The lowest BCUT2D eigenvalue weighted by Gasteiger charge is -2.33. The SMILES string of the molecule is CC(O)c1ccc(N2CCC3CCCCC32)c(Cl)c1. The van der Waals surface area contributed by atoms with Crippen LogP contribution < -0.4 is 4.90 Å². The lowest BCUT2D eigenvalue weighted by molar-refractivity contribution is 0.199. The van der Waals surface area contributed by atoms with E-state index in [0.29, 0.717) is 6.04 Å². The molecule has 0 amide bonds. The number of aliphatic hydroxyl groups excluding tert-OH is 1. The molecular formula is C16H22ClNO. The molecule has 2 nitrogen and oxygen atoms in total. The number of hydrogen-bond donors (Lipinski definition) is 1. The molecule has 1 aromatic carbocycles. The second-order valence-corrected chi connectivity index (χ2v) is 6.39. The molecule has 3 rings (SSSR count). The summed E-state index contributed by atoms with van der Waals surface area (Å²) in [4.78, 5) is 2.50. The zero-order valence-electron chi connectivity index (χ0n) is 11.5. The first-order valence-corrected chi connectivity index (χ1v) is 7.79. The Kier molecular flexibility index (Phi) is 3.72. The smallest absolute Gasteiger partial charge is 0.0762 e. The van der Waals surface area contributed by atoms with E-state index in [1.165, 1.54) is 32.1 Å². The van der Waals surface area contributed by atoms with Gasteiger partial charge in [0.2, 0.25) is 0 Å². The molecule has 1 aromatic rings. The van der Waals surface area contributed by atoms with Crippen LogP contribution in [0.25, 0.3) is 0 Å². The van der Waals surface area contributed by atoms with E-state index in [4.69, 9.17) is 11.6 Å². The largest absolute Gasteiger partial charge is 0.389 e. The lowest BCUT2D eigenvalue weighted by atomic mass is 9.85. The molecule has 1 aliphatic carbocycles. The summed E-state index contributed by atoms with van der Waals surface area (Å²) in [7, 11) is 0. The molecule has 0 bridgehead atoms. The second-order valence-electron chi connectivity index (χ2n) is 5.98. The highest BCUT2D eigenvalue weighted by Crippen LogP contribution is 2.41. The van der Waals surface area contributed by atoms with Gasteiger partial charge in [-0.25, -0.2) is 0 Å². The summed E-state index contributed by atoms with van der Waals surface area (Å²) in [6.45, 7) is 2.90. The van der Waals surface area contributed by atoms with Crippen molar-refractivity contribution in [2.45, 2.75) is 51.2 Å². The summed E-state index contributed by atoms with van der Waals surface area (Å²) in [5.74, 6) is 0.862. The van der Waals surface area contributed by atoms with Crippen molar-refractivity contribution in [2.75, 3.05) is 11.4 Å². The van der Waals surface area contributed by atoms with Crippen LogP contribution in [0.15, 0.2) is 18.2 Å². The maximum absolute atomic E-state index is 9.62. The molecule has 3 heteroatoms. The third-order valence-corrected chi connectivity index (χ3v) is 5.08. The molecule has 1 N–H and O–H groups in total. The third kappa shape index (κ3) is 2.48. The van der Waals surface area contributed by atoms with Crippen LogP contribution in [0.5, 0.6) is 0 Å². The molecule has 2 aliphatic rings. The minimum Gasteiger partial charge on any atom is -0.389 e. The van der Waals surface area contributed by atoms with Gasteiger partial charge in [0.1, 0.15) is 0 Å². The van der Waals surface area contributed by atoms with E-state index in [0.717, 1.165) is 28.7 Å². The number of aliphatic hydroxyl groups is 1. The number of fused-ring (bicyclic) bond motifs is 1. The summed E-state index contributed by atoms with van der Waals surface area (Å²) in [5, 5.41) is 10.4. The average molecular weight is 280 g/mol. The predicted molar refractivity (Wildman–Crippen MR) is 79.8 cm³/mol. The van der Waals surface area contributed by atoms with Crippen LogP contribution in [0.2, 0.25) is 5.02 Å². The minimum absolute atomic E-state index is 0.451. The van der Waals surface area contributed by atoms with E-state index in [1.54, 1.807) is 6.92 Å². The van der Waals surface area contributed by atoms with Crippen molar-refractivity contribution >= 4 is 17.3 Å². The highest BCUT2D eigenvalue weighted by atomic mass is 35.5. The first kappa shape index (κ1) is 13.3.